The Balaban J connectivity index is 1.07. The number of benzene rings is 2. The van der Waals surface area contributed by atoms with Crippen LogP contribution in [0.3, 0.4) is 0 Å². The van der Waals surface area contributed by atoms with Crippen molar-refractivity contribution in [3.05, 3.63) is 83.6 Å². The first-order chi connectivity index (χ1) is 26.3. The van der Waals surface area contributed by atoms with E-state index in [2.05, 4.69) is 47.6 Å². The molecule has 4 aromatic rings. The van der Waals surface area contributed by atoms with Crippen LogP contribution in [0.2, 0.25) is 0 Å². The first-order valence-electron chi connectivity index (χ1n) is 19.3. The first kappa shape index (κ1) is 37.9. The molecule has 3 saturated heterocycles. The van der Waals surface area contributed by atoms with Crippen LogP contribution >= 0.6 is 0 Å². The van der Waals surface area contributed by atoms with Crippen LogP contribution in [-0.2, 0) is 19.1 Å². The average Bonchev–Trinajstić information content (AvgIpc) is 4.03. The van der Waals surface area contributed by atoms with E-state index in [1.54, 1.807) is 0 Å². The van der Waals surface area contributed by atoms with Crippen molar-refractivity contribution >= 4 is 28.9 Å². The summed E-state index contributed by atoms with van der Waals surface area (Å²) in [5.74, 6) is 7.99. The minimum absolute atomic E-state index is 0.0723. The average molecular weight is 746 g/mol. The molecule has 2 aromatic carbocycles. The van der Waals surface area contributed by atoms with Crippen LogP contribution in [0.25, 0.3) is 22.3 Å². The highest BCUT2D eigenvalue weighted by molar-refractivity contribution is 5.87. The van der Waals surface area contributed by atoms with Gasteiger partial charge in [-0.3, -0.25) is 9.59 Å². The maximum Gasteiger partial charge on any atom is 0.407 e. The minimum Gasteiger partial charge on any atom is -0.453 e. The lowest BCUT2D eigenvalue weighted by Gasteiger charge is -2.30. The van der Waals surface area contributed by atoms with Crippen LogP contribution < -0.4 is 5.32 Å². The lowest BCUT2D eigenvalue weighted by atomic mass is 9.96. The van der Waals surface area contributed by atoms with E-state index in [0.717, 1.165) is 57.7 Å². The maximum absolute atomic E-state index is 14.0. The van der Waals surface area contributed by atoms with Gasteiger partial charge in [0.15, 0.2) is 0 Å². The normalized spacial score (nSPS) is 22.1. The van der Waals surface area contributed by atoms with E-state index in [9.17, 15) is 14.4 Å². The molecule has 2 aromatic heterocycles. The molecule has 7 rings (SSSR count). The number of hydrogen-bond acceptors (Lipinski definition) is 7. The molecule has 3 fully saturated rings. The van der Waals surface area contributed by atoms with E-state index in [1.807, 2.05) is 79.2 Å². The number of fused-ring (bicyclic) bond motifs is 1. The molecule has 12 nitrogen and oxygen atoms in total. The van der Waals surface area contributed by atoms with E-state index in [-0.39, 0.29) is 41.7 Å². The van der Waals surface area contributed by atoms with Crippen molar-refractivity contribution in [3.63, 3.8) is 0 Å². The van der Waals surface area contributed by atoms with Gasteiger partial charge in [0, 0.05) is 48.4 Å². The van der Waals surface area contributed by atoms with Crippen molar-refractivity contribution < 1.29 is 23.9 Å². The zero-order valence-corrected chi connectivity index (χ0v) is 32.6. The zero-order chi connectivity index (χ0) is 39.0. The van der Waals surface area contributed by atoms with Gasteiger partial charge >= 0.3 is 6.09 Å². The molecular weight excluding hydrogens is 695 g/mol. The maximum atomic E-state index is 14.0. The number of carbonyl (C=O) groups is 3. The van der Waals surface area contributed by atoms with Gasteiger partial charge in [-0.25, -0.2) is 14.8 Å². The number of ether oxygens (including phenoxy) is 2. The van der Waals surface area contributed by atoms with Gasteiger partial charge in [-0.15, -0.1) is 0 Å². The number of amides is 3. The Hall–Kier alpha value is -5.41. The molecule has 3 N–H and O–H groups in total. The van der Waals surface area contributed by atoms with Crippen molar-refractivity contribution in [2.45, 2.75) is 84.0 Å². The van der Waals surface area contributed by atoms with Gasteiger partial charge < -0.3 is 34.6 Å². The lowest BCUT2D eigenvalue weighted by Crippen LogP contribution is -2.51. The third-order valence-electron chi connectivity index (χ3n) is 11.4. The fourth-order valence-corrected chi connectivity index (χ4v) is 7.95. The Morgan fingerprint density at radius 3 is 2.40 bits per heavy atom. The highest BCUT2D eigenvalue weighted by Gasteiger charge is 2.51. The summed E-state index contributed by atoms with van der Waals surface area (Å²) in [6, 6.07) is 12.6. The second-order valence-corrected chi connectivity index (χ2v) is 16.0. The largest absolute Gasteiger partial charge is 0.453 e. The van der Waals surface area contributed by atoms with Gasteiger partial charge in [0.05, 0.1) is 48.1 Å². The molecule has 0 radical (unpaired) electrons. The molecule has 0 bridgehead atoms. The summed E-state index contributed by atoms with van der Waals surface area (Å²) in [6.07, 6.45) is 4.38. The van der Waals surface area contributed by atoms with Crippen LogP contribution in [0.5, 0.6) is 0 Å². The molecule has 12 heteroatoms. The molecule has 0 saturated carbocycles. The lowest BCUT2D eigenvalue weighted by molar-refractivity contribution is -0.137. The topological polar surface area (TPSA) is 146 Å². The number of hydrogen-bond donors (Lipinski definition) is 3. The SMILES string of the molecule is C=C1C[C@@H](c2nc(-c3ccc(C#Cc4ccc5[nH]c([C@@H]6C[C@@]7(CCCO7)CN6C(=O)[C@@H](NC(=O)OC)C(C)C)nc5c4)cc3)c[nH]2)N(C(=O)[C@@H](C)C(C)C)C1. The number of aromatic amines is 2. The molecule has 5 heterocycles. The Morgan fingerprint density at radius 2 is 1.71 bits per heavy atom. The second kappa shape index (κ2) is 15.4. The summed E-state index contributed by atoms with van der Waals surface area (Å²) in [6.45, 7) is 15.8. The molecule has 3 aliphatic rings. The molecule has 5 atom stereocenters. The van der Waals surface area contributed by atoms with E-state index in [0.29, 0.717) is 38.4 Å². The van der Waals surface area contributed by atoms with Gasteiger partial charge in [0.2, 0.25) is 11.8 Å². The number of likely N-dealkylation sites (tertiary alicyclic amines) is 2. The molecule has 288 valence electrons. The number of rotatable bonds is 8. The van der Waals surface area contributed by atoms with Crippen LogP contribution in [0.15, 0.2) is 60.8 Å². The molecule has 0 unspecified atom stereocenters. The number of nitrogens with one attached hydrogen (secondary N) is 3. The number of carbonyl (C=O) groups excluding carboxylic acids is 3. The molecule has 3 aliphatic heterocycles. The van der Waals surface area contributed by atoms with Gasteiger partial charge in [-0.05, 0) is 61.4 Å². The Bertz CT molecular complexity index is 2150. The van der Waals surface area contributed by atoms with Gasteiger partial charge in [0.25, 0.3) is 0 Å². The van der Waals surface area contributed by atoms with Gasteiger partial charge in [0.1, 0.15) is 17.7 Å². The quantitative estimate of drug-likeness (QED) is 0.135. The van der Waals surface area contributed by atoms with Crippen LogP contribution in [-0.4, -0.2) is 86.1 Å². The van der Waals surface area contributed by atoms with E-state index >= 15 is 0 Å². The van der Waals surface area contributed by atoms with Crippen molar-refractivity contribution in [1.82, 2.24) is 35.1 Å². The summed E-state index contributed by atoms with van der Waals surface area (Å²) in [5, 5.41) is 2.73. The van der Waals surface area contributed by atoms with Crippen molar-refractivity contribution in [2.24, 2.45) is 17.8 Å². The number of imidazole rings is 2. The fourth-order valence-electron chi connectivity index (χ4n) is 7.95. The predicted octanol–water partition coefficient (Wildman–Crippen LogP) is 6.68. The molecule has 55 heavy (non-hydrogen) atoms. The Labute approximate surface area is 322 Å². The summed E-state index contributed by atoms with van der Waals surface area (Å²) in [7, 11) is 1.29. The smallest absolute Gasteiger partial charge is 0.407 e. The van der Waals surface area contributed by atoms with Gasteiger partial charge in [-0.2, -0.15) is 0 Å². The zero-order valence-electron chi connectivity index (χ0n) is 32.6. The highest BCUT2D eigenvalue weighted by atomic mass is 16.5. The Kier molecular flexibility index (Phi) is 10.6. The van der Waals surface area contributed by atoms with E-state index < -0.39 is 17.7 Å². The number of alkyl carbamates (subject to hydrolysis) is 1. The van der Waals surface area contributed by atoms with Crippen LogP contribution in [0, 0.1) is 29.6 Å². The third-order valence-corrected chi connectivity index (χ3v) is 11.4. The summed E-state index contributed by atoms with van der Waals surface area (Å²) >= 11 is 0. The van der Waals surface area contributed by atoms with E-state index in [4.69, 9.17) is 19.4 Å². The predicted molar refractivity (Wildman–Crippen MR) is 209 cm³/mol. The minimum atomic E-state index is -0.747. The molecular formula is C43H51N7O5. The monoisotopic (exact) mass is 745 g/mol. The molecule has 1 spiro atoms. The van der Waals surface area contributed by atoms with Crippen LogP contribution in [0.1, 0.15) is 95.2 Å². The number of methoxy groups -OCH3 is 1. The fraction of sp³-hybridized carbons (Fsp3) is 0.465. The van der Waals surface area contributed by atoms with Gasteiger partial charge in [-0.1, -0.05) is 70.7 Å². The van der Waals surface area contributed by atoms with Crippen molar-refractivity contribution in [3.8, 4) is 23.1 Å². The summed E-state index contributed by atoms with van der Waals surface area (Å²) in [5.41, 5.74) is 5.64. The summed E-state index contributed by atoms with van der Waals surface area (Å²) in [4.78, 5) is 59.8. The van der Waals surface area contributed by atoms with E-state index in [1.165, 1.54) is 7.11 Å². The first-order valence-corrected chi connectivity index (χ1v) is 19.3. The van der Waals surface area contributed by atoms with Crippen LogP contribution in [0.4, 0.5) is 4.79 Å². The molecule has 3 amide bonds. The highest BCUT2D eigenvalue weighted by Crippen LogP contribution is 2.45. The number of H-pyrrole nitrogens is 2. The Morgan fingerprint density at radius 1 is 0.964 bits per heavy atom. The molecule has 0 aliphatic carbocycles. The number of nitrogens with zero attached hydrogens (tertiary/aromatic N) is 4. The second-order valence-electron chi connectivity index (χ2n) is 16.0. The van der Waals surface area contributed by atoms with Crippen molar-refractivity contribution in [2.75, 3.05) is 26.8 Å². The summed E-state index contributed by atoms with van der Waals surface area (Å²) < 4.78 is 11.1. The van der Waals surface area contributed by atoms with Crippen molar-refractivity contribution in [1.29, 1.82) is 0 Å². The third kappa shape index (κ3) is 7.76. The standard InChI is InChI=1S/C43H51N7O5/c1-25(2)28(6)40(51)49-23-27(5)19-35(49)38-44-22-34(47-38)31-14-11-29(12-15-31)9-10-30-13-16-32-33(20-30)46-39(45-32)36-21-43(17-8-18-55-43)24-50(36)41(52)37(26(3)4)48-42(53)54-7/h11-16,20,22,25-26,28,35-37H,5,8,17-19,21,23-24H2,1-4,6-7H3,(H,44,47)(H,45,46)(H,48,53)/t28-,35-,36-,37-,43-/m0/s1. The number of aromatic nitrogens is 4.